The van der Waals surface area contributed by atoms with Gasteiger partial charge in [-0.2, -0.15) is 0 Å². The standard InChI is InChI=1S/C13H29N3/c1-12(2)16-8-6-15(7-9-16)11-13(3,4)10-14-5/h12,14H,6-11H2,1-5H3. The molecule has 0 aromatic rings. The van der Waals surface area contributed by atoms with E-state index >= 15 is 0 Å². The van der Waals surface area contributed by atoms with Gasteiger partial charge in [-0.25, -0.2) is 0 Å². The van der Waals surface area contributed by atoms with Crippen LogP contribution < -0.4 is 5.32 Å². The molecule has 0 spiro atoms. The van der Waals surface area contributed by atoms with Crippen LogP contribution in [0.3, 0.4) is 0 Å². The van der Waals surface area contributed by atoms with Gasteiger partial charge in [-0.15, -0.1) is 0 Å². The van der Waals surface area contributed by atoms with E-state index in [-0.39, 0.29) is 0 Å². The summed E-state index contributed by atoms with van der Waals surface area (Å²) in [6.07, 6.45) is 0. The van der Waals surface area contributed by atoms with Crippen molar-refractivity contribution in [2.24, 2.45) is 5.41 Å². The summed E-state index contributed by atoms with van der Waals surface area (Å²) >= 11 is 0. The van der Waals surface area contributed by atoms with Crippen LogP contribution in [0.25, 0.3) is 0 Å². The summed E-state index contributed by atoms with van der Waals surface area (Å²) in [4.78, 5) is 5.18. The van der Waals surface area contributed by atoms with Gasteiger partial charge in [-0.05, 0) is 26.3 Å². The Bertz CT molecular complexity index is 193. The highest BCUT2D eigenvalue weighted by atomic mass is 15.3. The Kier molecular flexibility index (Phi) is 5.22. The van der Waals surface area contributed by atoms with Crippen molar-refractivity contribution in [1.82, 2.24) is 15.1 Å². The molecular formula is C13H29N3. The van der Waals surface area contributed by atoms with Crippen molar-refractivity contribution in [3.63, 3.8) is 0 Å². The van der Waals surface area contributed by atoms with E-state index in [9.17, 15) is 0 Å². The summed E-state index contributed by atoms with van der Waals surface area (Å²) < 4.78 is 0. The van der Waals surface area contributed by atoms with Crippen LogP contribution in [0.4, 0.5) is 0 Å². The van der Waals surface area contributed by atoms with Gasteiger partial charge in [0.25, 0.3) is 0 Å². The first kappa shape index (κ1) is 13.9. The SMILES string of the molecule is CNCC(C)(C)CN1CCN(C(C)C)CC1. The molecule has 1 aliphatic heterocycles. The highest BCUT2D eigenvalue weighted by Crippen LogP contribution is 2.17. The van der Waals surface area contributed by atoms with Gasteiger partial charge >= 0.3 is 0 Å². The molecule has 96 valence electrons. The molecule has 0 radical (unpaired) electrons. The normalized spacial score (nSPS) is 20.6. The van der Waals surface area contributed by atoms with Crippen molar-refractivity contribution in [2.75, 3.05) is 46.3 Å². The second kappa shape index (κ2) is 5.99. The molecule has 1 heterocycles. The number of nitrogens with one attached hydrogen (secondary N) is 1. The molecule has 0 unspecified atom stereocenters. The molecule has 0 amide bonds. The fraction of sp³-hybridized carbons (Fsp3) is 1.00. The summed E-state index contributed by atoms with van der Waals surface area (Å²) in [5.41, 5.74) is 0.384. The average Bonchev–Trinajstić information content (AvgIpc) is 2.17. The smallest absolute Gasteiger partial charge is 0.0113 e. The van der Waals surface area contributed by atoms with Gasteiger partial charge < -0.3 is 10.2 Å². The van der Waals surface area contributed by atoms with Crippen LogP contribution in [0, 0.1) is 5.41 Å². The second-order valence-electron chi connectivity index (χ2n) is 6.10. The second-order valence-corrected chi connectivity index (χ2v) is 6.10. The van der Waals surface area contributed by atoms with Gasteiger partial charge in [0.15, 0.2) is 0 Å². The van der Waals surface area contributed by atoms with Crippen LogP contribution in [0.5, 0.6) is 0 Å². The van der Waals surface area contributed by atoms with Crippen LogP contribution in [0.1, 0.15) is 27.7 Å². The van der Waals surface area contributed by atoms with E-state index < -0.39 is 0 Å². The van der Waals surface area contributed by atoms with E-state index in [1.54, 1.807) is 0 Å². The van der Waals surface area contributed by atoms with Crippen molar-refractivity contribution in [3.05, 3.63) is 0 Å². The minimum Gasteiger partial charge on any atom is -0.319 e. The maximum Gasteiger partial charge on any atom is 0.0113 e. The molecule has 0 aromatic carbocycles. The summed E-state index contributed by atoms with van der Waals surface area (Å²) in [5.74, 6) is 0. The largest absolute Gasteiger partial charge is 0.319 e. The Balaban J connectivity index is 2.31. The highest BCUT2D eigenvalue weighted by Gasteiger charge is 2.24. The van der Waals surface area contributed by atoms with Crippen LogP contribution in [-0.2, 0) is 0 Å². The third-order valence-corrected chi connectivity index (χ3v) is 3.44. The van der Waals surface area contributed by atoms with E-state index in [1.807, 2.05) is 7.05 Å². The summed E-state index contributed by atoms with van der Waals surface area (Å²) in [5, 5.41) is 3.29. The molecule has 1 saturated heterocycles. The quantitative estimate of drug-likeness (QED) is 0.763. The first-order chi connectivity index (χ1) is 7.44. The zero-order chi connectivity index (χ0) is 12.2. The van der Waals surface area contributed by atoms with Gasteiger partial charge in [0.2, 0.25) is 0 Å². The number of piperazine rings is 1. The van der Waals surface area contributed by atoms with Gasteiger partial charge in [0.05, 0.1) is 0 Å². The first-order valence-electron chi connectivity index (χ1n) is 6.55. The van der Waals surface area contributed by atoms with Crippen molar-refractivity contribution < 1.29 is 0 Å². The number of hydrogen-bond acceptors (Lipinski definition) is 3. The Labute approximate surface area is 101 Å². The first-order valence-corrected chi connectivity index (χ1v) is 6.55. The third kappa shape index (κ3) is 4.40. The van der Waals surface area contributed by atoms with Gasteiger partial charge in [0.1, 0.15) is 0 Å². The van der Waals surface area contributed by atoms with Crippen LogP contribution in [0.15, 0.2) is 0 Å². The molecule has 3 heteroatoms. The lowest BCUT2D eigenvalue weighted by atomic mass is 9.92. The molecule has 3 nitrogen and oxygen atoms in total. The van der Waals surface area contributed by atoms with E-state index in [0.29, 0.717) is 11.5 Å². The maximum atomic E-state index is 3.29. The van der Waals surface area contributed by atoms with Gasteiger partial charge in [0, 0.05) is 45.3 Å². The Morgan fingerprint density at radius 3 is 2.12 bits per heavy atom. The summed E-state index contributed by atoms with van der Waals surface area (Å²) in [6.45, 7) is 16.5. The van der Waals surface area contributed by atoms with E-state index in [2.05, 4.69) is 42.8 Å². The van der Waals surface area contributed by atoms with E-state index in [0.717, 1.165) is 6.54 Å². The van der Waals surface area contributed by atoms with E-state index in [1.165, 1.54) is 32.7 Å². The number of hydrogen-bond donors (Lipinski definition) is 1. The zero-order valence-electron chi connectivity index (χ0n) is 11.7. The lowest BCUT2D eigenvalue weighted by molar-refractivity contribution is 0.0807. The Morgan fingerprint density at radius 2 is 1.69 bits per heavy atom. The molecule has 0 aromatic heterocycles. The summed E-state index contributed by atoms with van der Waals surface area (Å²) in [7, 11) is 2.04. The monoisotopic (exact) mass is 227 g/mol. The van der Waals surface area contributed by atoms with Gasteiger partial charge in [-0.1, -0.05) is 13.8 Å². The number of rotatable bonds is 5. The highest BCUT2D eigenvalue weighted by molar-refractivity contribution is 4.80. The minimum atomic E-state index is 0.384. The predicted octanol–water partition coefficient (Wildman–Crippen LogP) is 1.26. The molecule has 0 bridgehead atoms. The molecule has 0 saturated carbocycles. The van der Waals surface area contributed by atoms with Crippen molar-refractivity contribution in [2.45, 2.75) is 33.7 Å². The van der Waals surface area contributed by atoms with E-state index in [4.69, 9.17) is 0 Å². The minimum absolute atomic E-state index is 0.384. The fourth-order valence-corrected chi connectivity index (χ4v) is 2.58. The molecule has 1 N–H and O–H groups in total. The molecule has 0 atom stereocenters. The Morgan fingerprint density at radius 1 is 1.12 bits per heavy atom. The average molecular weight is 227 g/mol. The fourth-order valence-electron chi connectivity index (χ4n) is 2.58. The van der Waals surface area contributed by atoms with Crippen LogP contribution in [-0.4, -0.2) is 62.2 Å². The van der Waals surface area contributed by atoms with Gasteiger partial charge in [-0.3, -0.25) is 4.90 Å². The molecule has 16 heavy (non-hydrogen) atoms. The molecule has 1 rings (SSSR count). The van der Waals surface area contributed by atoms with Crippen LogP contribution >= 0.6 is 0 Å². The zero-order valence-corrected chi connectivity index (χ0v) is 11.7. The maximum absolute atomic E-state index is 3.29. The van der Waals surface area contributed by atoms with Crippen LogP contribution in [0.2, 0.25) is 0 Å². The summed E-state index contributed by atoms with van der Waals surface area (Å²) in [6, 6.07) is 0.701. The molecule has 0 aliphatic carbocycles. The topological polar surface area (TPSA) is 18.5 Å². The Hall–Kier alpha value is -0.120. The third-order valence-electron chi connectivity index (χ3n) is 3.44. The lowest BCUT2D eigenvalue weighted by Gasteiger charge is -2.40. The predicted molar refractivity (Wildman–Crippen MR) is 70.9 cm³/mol. The van der Waals surface area contributed by atoms with Crippen molar-refractivity contribution in [3.8, 4) is 0 Å². The lowest BCUT2D eigenvalue weighted by Crippen LogP contribution is -2.51. The number of nitrogens with zero attached hydrogens (tertiary/aromatic N) is 2. The molecule has 1 aliphatic rings. The molecule has 1 fully saturated rings. The van der Waals surface area contributed by atoms with Crippen molar-refractivity contribution >= 4 is 0 Å². The molecular weight excluding hydrogens is 198 g/mol. The van der Waals surface area contributed by atoms with Crippen molar-refractivity contribution in [1.29, 1.82) is 0 Å².